The molecule has 0 spiro atoms. The van der Waals surface area contributed by atoms with Crippen LogP contribution in [-0.2, 0) is 20.9 Å². The van der Waals surface area contributed by atoms with Gasteiger partial charge in [-0.15, -0.1) is 11.8 Å². The second kappa shape index (κ2) is 8.51. The average Bonchev–Trinajstić information content (AvgIpc) is 3.37. The van der Waals surface area contributed by atoms with Crippen molar-refractivity contribution in [1.82, 2.24) is 14.5 Å². The lowest BCUT2D eigenvalue weighted by Gasteiger charge is -2.38. The highest BCUT2D eigenvalue weighted by molar-refractivity contribution is 8.01. The molecule has 2 aromatic carbocycles. The molecule has 3 atom stereocenters. The van der Waals surface area contributed by atoms with E-state index in [-0.39, 0.29) is 11.3 Å². The minimum atomic E-state index is -0.745. The van der Waals surface area contributed by atoms with Crippen LogP contribution in [-0.4, -0.2) is 48.8 Å². The maximum absolute atomic E-state index is 13.7. The van der Waals surface area contributed by atoms with Gasteiger partial charge in [0, 0.05) is 12.7 Å². The first kappa shape index (κ1) is 21.5. The van der Waals surface area contributed by atoms with Crippen LogP contribution in [0.25, 0.3) is 0 Å². The van der Waals surface area contributed by atoms with Gasteiger partial charge in [0.25, 0.3) is 0 Å². The monoisotopic (exact) mass is 461 g/mol. The van der Waals surface area contributed by atoms with E-state index in [2.05, 4.69) is 4.98 Å². The van der Waals surface area contributed by atoms with Crippen LogP contribution >= 0.6 is 11.8 Å². The first-order chi connectivity index (χ1) is 16.0. The number of imidazole rings is 1. The highest BCUT2D eigenvalue weighted by Gasteiger charge is 2.61. The molecule has 0 unspecified atom stereocenters. The van der Waals surface area contributed by atoms with Crippen molar-refractivity contribution in [2.75, 3.05) is 0 Å². The summed E-state index contributed by atoms with van der Waals surface area (Å²) in [5.74, 6) is -0.484. The molecule has 2 saturated heterocycles. The van der Waals surface area contributed by atoms with Crippen LogP contribution in [0.15, 0.2) is 73.2 Å². The summed E-state index contributed by atoms with van der Waals surface area (Å²) in [6.45, 7) is 2.38. The number of esters is 1. The highest BCUT2D eigenvalue weighted by atomic mass is 32.2. The van der Waals surface area contributed by atoms with Gasteiger partial charge in [-0.3, -0.25) is 9.59 Å². The Hall–Kier alpha value is -3.39. The number of thioether (sulfide) groups is 1. The number of aldehydes is 1. The van der Waals surface area contributed by atoms with Crippen LogP contribution in [0.4, 0.5) is 0 Å². The van der Waals surface area contributed by atoms with E-state index in [1.807, 2.05) is 67.6 Å². The second-order valence-electron chi connectivity index (χ2n) is 8.52. The number of rotatable bonds is 7. The topological polar surface area (TPSA) is 81.5 Å². The van der Waals surface area contributed by atoms with Crippen molar-refractivity contribution in [2.24, 2.45) is 0 Å². The van der Waals surface area contributed by atoms with Gasteiger partial charge >= 0.3 is 5.97 Å². The van der Waals surface area contributed by atoms with Crippen molar-refractivity contribution in [3.63, 3.8) is 0 Å². The smallest absolute Gasteiger partial charge is 0.331 e. The first-order valence-corrected chi connectivity index (χ1v) is 11.6. The van der Waals surface area contributed by atoms with Crippen LogP contribution in [0.1, 0.15) is 41.1 Å². The molecule has 3 heterocycles. The van der Waals surface area contributed by atoms with Crippen molar-refractivity contribution >= 4 is 29.9 Å². The molecule has 1 amide bonds. The van der Waals surface area contributed by atoms with Crippen LogP contribution in [0.3, 0.4) is 0 Å². The third-order valence-electron chi connectivity index (χ3n) is 6.14. The molecule has 0 saturated carbocycles. The van der Waals surface area contributed by atoms with E-state index in [4.69, 9.17) is 4.74 Å². The molecule has 0 N–H and O–H groups in total. The summed E-state index contributed by atoms with van der Waals surface area (Å²) in [5, 5.41) is -0.0546. The van der Waals surface area contributed by atoms with Crippen LogP contribution in [0.5, 0.6) is 0 Å². The van der Waals surface area contributed by atoms with Crippen LogP contribution in [0.2, 0.25) is 0 Å². The molecule has 2 aliphatic heterocycles. The predicted octanol–water partition coefficient (Wildman–Crippen LogP) is 3.46. The summed E-state index contributed by atoms with van der Waals surface area (Å²) < 4.78 is 7.30. The molecule has 2 aliphatic rings. The largest absolute Gasteiger partial charge is 0.451 e. The number of amides is 1. The molecule has 1 aromatic heterocycles. The lowest BCUT2D eigenvalue weighted by Crippen LogP contribution is -2.58. The van der Waals surface area contributed by atoms with E-state index in [9.17, 15) is 14.4 Å². The molecule has 0 radical (unpaired) electrons. The second-order valence-corrected chi connectivity index (χ2v) is 10.2. The van der Waals surface area contributed by atoms with Gasteiger partial charge < -0.3 is 14.2 Å². The van der Waals surface area contributed by atoms with Gasteiger partial charge in [-0.2, -0.15) is 0 Å². The predicted molar refractivity (Wildman–Crippen MR) is 123 cm³/mol. The quantitative estimate of drug-likeness (QED) is 0.305. The summed E-state index contributed by atoms with van der Waals surface area (Å²) in [5.41, 5.74) is 2.05. The van der Waals surface area contributed by atoms with E-state index in [0.29, 0.717) is 24.9 Å². The molecule has 3 aromatic rings. The Morgan fingerprint density at radius 3 is 2.36 bits per heavy atom. The van der Waals surface area contributed by atoms with Crippen molar-refractivity contribution < 1.29 is 19.1 Å². The summed E-state index contributed by atoms with van der Waals surface area (Å²) in [7, 11) is 0. The van der Waals surface area contributed by atoms with E-state index >= 15 is 0 Å². The number of carbonyl (C=O) groups excluding carboxylic acids is 3. The number of nitrogens with zero attached hydrogens (tertiary/aromatic N) is 3. The summed E-state index contributed by atoms with van der Waals surface area (Å²) in [6.07, 6.45) is 3.74. The number of benzene rings is 2. The molecule has 7 nitrogen and oxygen atoms in total. The molecular formula is C25H23N3O4S. The Labute approximate surface area is 195 Å². The number of hydrogen-bond donors (Lipinski definition) is 0. The van der Waals surface area contributed by atoms with E-state index in [1.54, 1.807) is 33.8 Å². The maximum Gasteiger partial charge on any atom is 0.331 e. The number of aromatic nitrogens is 2. The van der Waals surface area contributed by atoms with Gasteiger partial charge in [0.05, 0.1) is 22.9 Å². The van der Waals surface area contributed by atoms with Crippen molar-refractivity contribution in [1.29, 1.82) is 0 Å². The SMILES string of the molecule is C[C@@]1(Cn2cnc(C=O)c2)S[C@@H]2CC(=O)N2[C@H]1C(=O)OC(c1ccccc1)c1ccccc1. The Morgan fingerprint density at radius 1 is 1.18 bits per heavy atom. The first-order valence-electron chi connectivity index (χ1n) is 10.7. The highest BCUT2D eigenvalue weighted by Crippen LogP contribution is 2.52. The molecule has 168 valence electrons. The minimum Gasteiger partial charge on any atom is -0.451 e. The molecule has 2 fully saturated rings. The van der Waals surface area contributed by atoms with Crippen LogP contribution < -0.4 is 0 Å². The number of β-lactam (4-membered cyclic amide) rings is 1. The lowest BCUT2D eigenvalue weighted by molar-refractivity contribution is -0.164. The number of carbonyl (C=O) groups is 3. The summed E-state index contributed by atoms with van der Waals surface area (Å²) in [6, 6.07) is 18.4. The lowest BCUT2D eigenvalue weighted by atomic mass is 9.95. The molecule has 33 heavy (non-hydrogen) atoms. The standard InChI is InChI=1S/C25H23N3O4S/c1-25(15-27-13-19(14-29)26-16-27)23(28-20(30)12-21(28)33-25)24(31)32-22(17-8-4-2-5-9-17)18-10-6-3-7-11-18/h2-11,13-14,16,21-23H,12,15H2,1H3/t21-,23+,25+/m1/s1. The summed E-state index contributed by atoms with van der Waals surface area (Å²) >= 11 is 1.60. The fraction of sp³-hybridized carbons (Fsp3) is 0.280. The third kappa shape index (κ3) is 3.95. The Kier molecular flexibility index (Phi) is 5.54. The van der Waals surface area contributed by atoms with E-state index < -0.39 is 22.9 Å². The van der Waals surface area contributed by atoms with Gasteiger partial charge in [-0.25, -0.2) is 9.78 Å². The van der Waals surface area contributed by atoms with Gasteiger partial charge in [0.1, 0.15) is 11.7 Å². The number of hydrogen-bond acceptors (Lipinski definition) is 6. The zero-order valence-corrected chi connectivity index (χ0v) is 18.9. The van der Waals surface area contributed by atoms with Gasteiger partial charge in [0.2, 0.25) is 5.91 Å². The zero-order valence-electron chi connectivity index (χ0n) is 18.0. The van der Waals surface area contributed by atoms with Crippen molar-refractivity contribution in [3.8, 4) is 0 Å². The third-order valence-corrected chi connectivity index (χ3v) is 7.70. The van der Waals surface area contributed by atoms with Crippen molar-refractivity contribution in [3.05, 3.63) is 90.0 Å². The average molecular weight is 462 g/mol. The summed E-state index contributed by atoms with van der Waals surface area (Å²) in [4.78, 5) is 42.9. The van der Waals surface area contributed by atoms with Gasteiger partial charge in [-0.05, 0) is 18.1 Å². The molecular weight excluding hydrogens is 438 g/mol. The molecule has 0 bridgehead atoms. The Balaban J connectivity index is 1.46. The maximum atomic E-state index is 13.7. The minimum absolute atomic E-state index is 0.0478. The Bertz CT molecular complexity index is 1140. The van der Waals surface area contributed by atoms with Gasteiger partial charge in [-0.1, -0.05) is 60.7 Å². The van der Waals surface area contributed by atoms with Crippen molar-refractivity contribution in [2.45, 2.75) is 42.2 Å². The normalized spacial score (nSPS) is 23.8. The van der Waals surface area contributed by atoms with Gasteiger partial charge in [0.15, 0.2) is 12.4 Å². The van der Waals surface area contributed by atoms with E-state index in [1.165, 1.54) is 0 Å². The molecule has 5 rings (SSSR count). The zero-order chi connectivity index (χ0) is 23.0. The number of fused-ring (bicyclic) bond motifs is 1. The molecule has 8 heteroatoms. The molecule has 0 aliphatic carbocycles. The number of ether oxygens (including phenoxy) is 1. The fourth-order valence-electron chi connectivity index (χ4n) is 4.62. The fourth-order valence-corrected chi connectivity index (χ4v) is 6.38. The van der Waals surface area contributed by atoms with Crippen LogP contribution in [0, 0.1) is 0 Å². The Morgan fingerprint density at radius 2 is 1.82 bits per heavy atom. The van der Waals surface area contributed by atoms with E-state index in [0.717, 1.165) is 11.1 Å².